The van der Waals surface area contributed by atoms with Gasteiger partial charge in [0, 0.05) is 13.2 Å². The minimum Gasteiger partial charge on any atom is -0.358 e. The van der Waals surface area contributed by atoms with E-state index in [1.54, 1.807) is 12.4 Å². The van der Waals surface area contributed by atoms with Gasteiger partial charge < -0.3 is 5.32 Å². The minimum atomic E-state index is 0.789. The molecule has 5 nitrogen and oxygen atoms in total. The van der Waals surface area contributed by atoms with Crippen LogP contribution in [0.15, 0.2) is 24.9 Å². The predicted molar refractivity (Wildman–Crippen MR) is 53.4 cm³/mol. The molecule has 72 valence electrons. The summed E-state index contributed by atoms with van der Waals surface area (Å²) in [5, 5.41) is 3.01. The van der Waals surface area contributed by atoms with Crippen LogP contribution in [-0.2, 0) is 0 Å². The van der Waals surface area contributed by atoms with Gasteiger partial charge in [0.05, 0.1) is 23.8 Å². The number of hydrogen-bond acceptors (Lipinski definition) is 4. The number of nitrogens with one attached hydrogen (secondary N) is 1. The predicted octanol–water partition coefficient (Wildman–Crippen LogP) is 1.01. The van der Waals surface area contributed by atoms with Crippen LogP contribution in [0.1, 0.15) is 5.69 Å². The van der Waals surface area contributed by atoms with Crippen molar-refractivity contribution in [3.63, 3.8) is 0 Å². The SMILES string of the molecule is CNc1nc(C)cn1-c1cncnc1. The van der Waals surface area contributed by atoms with Crippen molar-refractivity contribution in [2.24, 2.45) is 0 Å². The summed E-state index contributed by atoms with van der Waals surface area (Å²) >= 11 is 0. The van der Waals surface area contributed by atoms with Crippen molar-refractivity contribution in [2.75, 3.05) is 12.4 Å². The maximum atomic E-state index is 4.30. The number of nitrogens with zero attached hydrogens (tertiary/aromatic N) is 4. The number of imidazole rings is 1. The average Bonchev–Trinajstić information content (AvgIpc) is 2.61. The van der Waals surface area contributed by atoms with E-state index in [0.29, 0.717) is 0 Å². The molecule has 0 fully saturated rings. The zero-order chi connectivity index (χ0) is 9.97. The third kappa shape index (κ3) is 1.44. The first-order valence-corrected chi connectivity index (χ1v) is 4.30. The van der Waals surface area contributed by atoms with Gasteiger partial charge in [0.2, 0.25) is 5.95 Å². The molecule has 0 bridgehead atoms. The normalized spacial score (nSPS) is 10.1. The Labute approximate surface area is 81.8 Å². The van der Waals surface area contributed by atoms with Crippen LogP contribution in [0, 0.1) is 6.92 Å². The molecule has 2 heterocycles. The lowest BCUT2D eigenvalue weighted by Gasteiger charge is -2.04. The van der Waals surface area contributed by atoms with Gasteiger partial charge in [-0.3, -0.25) is 4.57 Å². The molecule has 0 atom stereocenters. The maximum absolute atomic E-state index is 4.30. The lowest BCUT2D eigenvalue weighted by molar-refractivity contribution is 1.01. The fraction of sp³-hybridized carbons (Fsp3) is 0.222. The highest BCUT2D eigenvalue weighted by molar-refractivity contribution is 5.39. The zero-order valence-corrected chi connectivity index (χ0v) is 8.10. The van der Waals surface area contributed by atoms with E-state index in [4.69, 9.17) is 0 Å². The smallest absolute Gasteiger partial charge is 0.207 e. The highest BCUT2D eigenvalue weighted by Crippen LogP contribution is 2.13. The standard InChI is InChI=1S/C9H11N5/c1-7-5-14(9(10-2)13-7)8-3-11-6-12-4-8/h3-6H,1-2H3,(H,10,13). The molecule has 0 spiro atoms. The molecule has 14 heavy (non-hydrogen) atoms. The van der Waals surface area contributed by atoms with E-state index < -0.39 is 0 Å². The summed E-state index contributed by atoms with van der Waals surface area (Å²) < 4.78 is 1.91. The molecule has 2 rings (SSSR count). The average molecular weight is 189 g/mol. The number of aromatic nitrogens is 4. The molecular formula is C9H11N5. The Morgan fingerprint density at radius 3 is 2.64 bits per heavy atom. The van der Waals surface area contributed by atoms with E-state index in [2.05, 4.69) is 20.3 Å². The largest absolute Gasteiger partial charge is 0.358 e. The van der Waals surface area contributed by atoms with Gasteiger partial charge in [-0.05, 0) is 6.92 Å². The van der Waals surface area contributed by atoms with E-state index in [1.165, 1.54) is 6.33 Å². The van der Waals surface area contributed by atoms with Crippen molar-refractivity contribution < 1.29 is 0 Å². The summed E-state index contributed by atoms with van der Waals surface area (Å²) in [6.07, 6.45) is 6.93. The molecule has 0 amide bonds. The third-order valence-corrected chi connectivity index (χ3v) is 1.88. The first kappa shape index (κ1) is 8.68. The van der Waals surface area contributed by atoms with Crippen LogP contribution in [0.2, 0.25) is 0 Å². The van der Waals surface area contributed by atoms with Gasteiger partial charge >= 0.3 is 0 Å². The quantitative estimate of drug-likeness (QED) is 0.766. The van der Waals surface area contributed by atoms with Gasteiger partial charge in [-0.2, -0.15) is 0 Å². The van der Waals surface area contributed by atoms with E-state index in [1.807, 2.05) is 24.7 Å². The Morgan fingerprint density at radius 1 is 1.29 bits per heavy atom. The highest BCUT2D eigenvalue weighted by atomic mass is 15.2. The summed E-state index contributed by atoms with van der Waals surface area (Å²) in [5.74, 6) is 0.789. The van der Waals surface area contributed by atoms with Crippen LogP contribution >= 0.6 is 0 Å². The zero-order valence-electron chi connectivity index (χ0n) is 8.10. The Hall–Kier alpha value is -1.91. The van der Waals surface area contributed by atoms with Gasteiger partial charge in [-0.25, -0.2) is 15.0 Å². The minimum absolute atomic E-state index is 0.789. The fourth-order valence-corrected chi connectivity index (χ4v) is 1.29. The van der Waals surface area contributed by atoms with Crippen molar-refractivity contribution in [2.45, 2.75) is 6.92 Å². The molecule has 0 saturated heterocycles. The maximum Gasteiger partial charge on any atom is 0.207 e. The second kappa shape index (κ2) is 3.45. The van der Waals surface area contributed by atoms with E-state index in [0.717, 1.165) is 17.3 Å². The molecule has 0 aliphatic carbocycles. The Bertz CT molecular complexity index is 420. The van der Waals surface area contributed by atoms with Gasteiger partial charge in [0.25, 0.3) is 0 Å². The van der Waals surface area contributed by atoms with Crippen molar-refractivity contribution >= 4 is 5.95 Å². The lowest BCUT2D eigenvalue weighted by atomic mass is 10.5. The van der Waals surface area contributed by atoms with Crippen LogP contribution in [-0.4, -0.2) is 26.6 Å². The molecule has 0 radical (unpaired) electrons. The number of hydrogen-bond donors (Lipinski definition) is 1. The first-order valence-electron chi connectivity index (χ1n) is 4.30. The third-order valence-electron chi connectivity index (χ3n) is 1.88. The van der Waals surface area contributed by atoms with Crippen molar-refractivity contribution in [1.29, 1.82) is 0 Å². The molecular weight excluding hydrogens is 178 g/mol. The second-order valence-electron chi connectivity index (χ2n) is 2.92. The van der Waals surface area contributed by atoms with Crippen LogP contribution in [0.25, 0.3) is 5.69 Å². The molecule has 2 aromatic heterocycles. The monoisotopic (exact) mass is 189 g/mol. The summed E-state index contributed by atoms with van der Waals surface area (Å²) in [6.45, 7) is 1.95. The van der Waals surface area contributed by atoms with E-state index >= 15 is 0 Å². The summed E-state index contributed by atoms with van der Waals surface area (Å²) in [6, 6.07) is 0. The molecule has 2 aromatic rings. The highest BCUT2D eigenvalue weighted by Gasteiger charge is 2.05. The molecule has 0 aliphatic rings. The van der Waals surface area contributed by atoms with Gasteiger partial charge in [-0.1, -0.05) is 0 Å². The van der Waals surface area contributed by atoms with E-state index in [9.17, 15) is 0 Å². The summed E-state index contributed by atoms with van der Waals surface area (Å²) in [5.41, 5.74) is 1.86. The molecule has 0 unspecified atom stereocenters. The molecule has 1 N–H and O–H groups in total. The van der Waals surface area contributed by atoms with Crippen LogP contribution in [0.5, 0.6) is 0 Å². The number of rotatable bonds is 2. The molecule has 5 heteroatoms. The molecule has 0 saturated carbocycles. The van der Waals surface area contributed by atoms with Gasteiger partial charge in [0.1, 0.15) is 6.33 Å². The topological polar surface area (TPSA) is 55.6 Å². The van der Waals surface area contributed by atoms with Crippen LogP contribution < -0.4 is 5.32 Å². The number of aryl methyl sites for hydroxylation is 1. The van der Waals surface area contributed by atoms with Crippen molar-refractivity contribution in [3.8, 4) is 5.69 Å². The van der Waals surface area contributed by atoms with Crippen molar-refractivity contribution in [3.05, 3.63) is 30.6 Å². The number of anilines is 1. The van der Waals surface area contributed by atoms with Crippen LogP contribution in [0.3, 0.4) is 0 Å². The van der Waals surface area contributed by atoms with Crippen molar-refractivity contribution in [1.82, 2.24) is 19.5 Å². The Kier molecular flexibility index (Phi) is 2.14. The molecule has 0 aliphatic heterocycles. The van der Waals surface area contributed by atoms with Gasteiger partial charge in [0.15, 0.2) is 0 Å². The first-order chi connectivity index (χ1) is 6.81. The summed E-state index contributed by atoms with van der Waals surface area (Å²) in [4.78, 5) is 12.2. The Balaban J connectivity index is 2.51. The van der Waals surface area contributed by atoms with Gasteiger partial charge in [-0.15, -0.1) is 0 Å². The lowest BCUT2D eigenvalue weighted by Crippen LogP contribution is -2.01. The fourth-order valence-electron chi connectivity index (χ4n) is 1.29. The van der Waals surface area contributed by atoms with Crippen LogP contribution in [0.4, 0.5) is 5.95 Å². The Morgan fingerprint density at radius 2 is 2.00 bits per heavy atom. The summed E-state index contributed by atoms with van der Waals surface area (Å²) in [7, 11) is 1.84. The van der Waals surface area contributed by atoms with E-state index in [-0.39, 0.29) is 0 Å². The molecule has 0 aromatic carbocycles. The second-order valence-corrected chi connectivity index (χ2v) is 2.92.